The second-order valence-electron chi connectivity index (χ2n) is 11.4. The zero-order valence-corrected chi connectivity index (χ0v) is 25.7. The minimum Gasteiger partial charge on any atom is -0.490 e. The zero-order valence-electron chi connectivity index (χ0n) is 24.9. The molecule has 0 aliphatic carbocycles. The van der Waals surface area contributed by atoms with Crippen molar-refractivity contribution in [1.29, 1.82) is 0 Å². The topological polar surface area (TPSA) is 95.8 Å². The molecule has 2 aliphatic heterocycles. The number of rotatable bonds is 8. The number of halogens is 1. The third-order valence-corrected chi connectivity index (χ3v) is 8.88. The molecule has 1 aromatic carbocycles. The van der Waals surface area contributed by atoms with Crippen LogP contribution < -0.4 is 15.0 Å². The maximum atomic E-state index is 13.5. The van der Waals surface area contributed by atoms with Crippen LogP contribution in [0.15, 0.2) is 66.3 Å². The molecule has 4 aromatic rings. The van der Waals surface area contributed by atoms with Gasteiger partial charge in [0.2, 0.25) is 5.95 Å². The summed E-state index contributed by atoms with van der Waals surface area (Å²) in [5.41, 5.74) is 3.23. The van der Waals surface area contributed by atoms with Crippen LogP contribution in [0.1, 0.15) is 53.5 Å². The molecule has 12 heteroatoms. The number of hydrogen-bond donors (Lipinski definition) is 1. The number of nitrogens with one attached hydrogen (secondary N) is 1. The number of ether oxygens (including phenoxy) is 1. The summed E-state index contributed by atoms with van der Waals surface area (Å²) in [6.07, 6.45) is 6.97. The van der Waals surface area contributed by atoms with E-state index in [1.165, 1.54) is 23.6 Å². The van der Waals surface area contributed by atoms with Crippen molar-refractivity contribution in [2.75, 3.05) is 43.9 Å². The maximum absolute atomic E-state index is 13.5. The summed E-state index contributed by atoms with van der Waals surface area (Å²) in [5.74, 6) is 0.0198. The first-order chi connectivity index (χ1) is 21.3. The average Bonchev–Trinajstić information content (AvgIpc) is 3.79. The van der Waals surface area contributed by atoms with E-state index >= 15 is 0 Å². The number of aromatic nitrogens is 3. The molecule has 1 atom stereocenters. The highest BCUT2D eigenvalue weighted by molar-refractivity contribution is 7.14. The Morgan fingerprint density at radius 3 is 2.64 bits per heavy atom. The van der Waals surface area contributed by atoms with E-state index in [1.807, 2.05) is 22.4 Å². The SMILES string of the molecule is CN(C)C(=O)N1CCC(Oc2ccc(N3CCCC3c3csc(NC(=O)c4cccn4Cc4ccnc(F)c4)n3)cc2)CC1. The lowest BCUT2D eigenvalue weighted by molar-refractivity contribution is 0.101. The second-order valence-corrected chi connectivity index (χ2v) is 12.2. The van der Waals surface area contributed by atoms with Crippen molar-refractivity contribution in [2.45, 2.75) is 44.4 Å². The minimum absolute atomic E-state index is 0.0495. The summed E-state index contributed by atoms with van der Waals surface area (Å²) in [6, 6.07) is 15.0. The summed E-state index contributed by atoms with van der Waals surface area (Å²) in [4.78, 5) is 39.6. The van der Waals surface area contributed by atoms with Gasteiger partial charge in [0.1, 0.15) is 17.5 Å². The van der Waals surface area contributed by atoms with E-state index < -0.39 is 5.95 Å². The fourth-order valence-corrected chi connectivity index (χ4v) is 6.65. The lowest BCUT2D eigenvalue weighted by Gasteiger charge is -2.33. The van der Waals surface area contributed by atoms with E-state index in [0.29, 0.717) is 30.5 Å². The van der Waals surface area contributed by atoms with Crippen LogP contribution in [0.2, 0.25) is 0 Å². The lowest BCUT2D eigenvalue weighted by Crippen LogP contribution is -2.46. The van der Waals surface area contributed by atoms with Gasteiger partial charge in [0.15, 0.2) is 5.13 Å². The molecule has 0 saturated carbocycles. The monoisotopic (exact) mass is 617 g/mol. The van der Waals surface area contributed by atoms with Gasteiger partial charge in [-0.1, -0.05) is 0 Å². The van der Waals surface area contributed by atoms with Gasteiger partial charge in [-0.2, -0.15) is 4.39 Å². The molecule has 2 fully saturated rings. The van der Waals surface area contributed by atoms with Gasteiger partial charge < -0.3 is 24.0 Å². The fraction of sp³-hybridized carbons (Fsp3) is 0.375. The lowest BCUT2D eigenvalue weighted by atomic mass is 10.1. The van der Waals surface area contributed by atoms with Crippen molar-refractivity contribution in [2.24, 2.45) is 0 Å². The number of urea groups is 1. The van der Waals surface area contributed by atoms with Crippen molar-refractivity contribution in [3.8, 4) is 5.75 Å². The molecule has 10 nitrogen and oxygen atoms in total. The van der Waals surface area contributed by atoms with Gasteiger partial charge in [-0.25, -0.2) is 14.8 Å². The van der Waals surface area contributed by atoms with Crippen molar-refractivity contribution in [1.82, 2.24) is 24.3 Å². The molecule has 0 spiro atoms. The minimum atomic E-state index is -0.548. The van der Waals surface area contributed by atoms with Crippen molar-refractivity contribution < 1.29 is 18.7 Å². The Morgan fingerprint density at radius 2 is 1.89 bits per heavy atom. The van der Waals surface area contributed by atoms with Crippen LogP contribution in [0.3, 0.4) is 0 Å². The largest absolute Gasteiger partial charge is 0.490 e. The van der Waals surface area contributed by atoms with Gasteiger partial charge in [-0.05, 0) is 66.9 Å². The number of anilines is 2. The molecule has 0 radical (unpaired) electrons. The van der Waals surface area contributed by atoms with E-state index in [4.69, 9.17) is 9.72 Å². The van der Waals surface area contributed by atoms with Crippen LogP contribution in [0.4, 0.5) is 20.0 Å². The molecular formula is C32H36FN7O3S. The number of benzene rings is 1. The average molecular weight is 618 g/mol. The van der Waals surface area contributed by atoms with Crippen LogP contribution >= 0.6 is 11.3 Å². The number of piperidine rings is 1. The zero-order chi connectivity index (χ0) is 30.6. The van der Waals surface area contributed by atoms with Crippen LogP contribution in [0.25, 0.3) is 0 Å². The molecule has 6 rings (SSSR count). The third kappa shape index (κ3) is 6.70. The highest BCUT2D eigenvalue weighted by Crippen LogP contribution is 2.38. The molecule has 1 N–H and O–H groups in total. The number of thiazole rings is 1. The Labute approximate surface area is 260 Å². The van der Waals surface area contributed by atoms with Gasteiger partial charge in [-0.3, -0.25) is 10.1 Å². The Morgan fingerprint density at radius 1 is 1.09 bits per heavy atom. The predicted molar refractivity (Wildman–Crippen MR) is 168 cm³/mol. The molecular weight excluding hydrogens is 581 g/mol. The summed E-state index contributed by atoms with van der Waals surface area (Å²) in [5, 5.41) is 5.50. The summed E-state index contributed by atoms with van der Waals surface area (Å²) in [6.45, 7) is 2.68. The third-order valence-electron chi connectivity index (χ3n) is 8.11. The number of amides is 3. The summed E-state index contributed by atoms with van der Waals surface area (Å²) >= 11 is 1.41. The first kappa shape index (κ1) is 29.6. The van der Waals surface area contributed by atoms with Crippen molar-refractivity contribution in [3.63, 3.8) is 0 Å². The maximum Gasteiger partial charge on any atom is 0.319 e. The van der Waals surface area contributed by atoms with Crippen LogP contribution in [-0.4, -0.2) is 76.1 Å². The smallest absolute Gasteiger partial charge is 0.319 e. The number of carbonyl (C=O) groups is 2. The van der Waals surface area contributed by atoms with E-state index in [0.717, 1.165) is 54.9 Å². The van der Waals surface area contributed by atoms with Crippen molar-refractivity contribution >= 4 is 34.1 Å². The first-order valence-electron chi connectivity index (χ1n) is 14.9. The van der Waals surface area contributed by atoms with Crippen molar-refractivity contribution in [3.05, 3.63) is 89.2 Å². The molecule has 44 heavy (non-hydrogen) atoms. The number of hydrogen-bond acceptors (Lipinski definition) is 7. The Kier molecular flexibility index (Phi) is 8.78. The second kappa shape index (κ2) is 13.0. The van der Waals surface area contributed by atoms with Crippen LogP contribution in [0, 0.1) is 5.95 Å². The standard InChI is InChI=1S/C32H36FN7O3S/c1-37(2)32(42)38-17-12-25(13-18-38)43-24-9-7-23(8-10-24)40-16-4-5-27(40)26-21-44-31(35-26)36-30(41)28-6-3-15-39(28)20-22-11-14-34-29(33)19-22/h3,6-11,14-15,19,21,25,27H,4-5,12-13,16-18,20H2,1-2H3,(H,35,36,41). The fourth-order valence-electron chi connectivity index (χ4n) is 5.89. The molecule has 3 aromatic heterocycles. The van der Waals surface area contributed by atoms with Gasteiger partial charge in [0.05, 0.1) is 11.7 Å². The molecule has 0 bridgehead atoms. The van der Waals surface area contributed by atoms with E-state index in [1.54, 1.807) is 48.0 Å². The van der Waals surface area contributed by atoms with Gasteiger partial charge >= 0.3 is 6.03 Å². The molecule has 2 saturated heterocycles. The van der Waals surface area contributed by atoms with Crippen LogP contribution in [-0.2, 0) is 6.54 Å². The Bertz CT molecular complexity index is 1600. The number of nitrogens with zero attached hydrogens (tertiary/aromatic N) is 6. The normalized spacial score (nSPS) is 17.1. The van der Waals surface area contributed by atoms with Gasteiger partial charge in [0, 0.05) is 76.6 Å². The molecule has 2 aliphatic rings. The quantitative estimate of drug-likeness (QED) is 0.257. The Balaban J connectivity index is 1.05. The number of carbonyl (C=O) groups excluding carboxylic acids is 2. The van der Waals surface area contributed by atoms with Gasteiger partial charge in [0.25, 0.3) is 5.91 Å². The van der Waals surface area contributed by atoms with E-state index in [2.05, 4.69) is 27.3 Å². The van der Waals surface area contributed by atoms with Gasteiger partial charge in [-0.15, -0.1) is 11.3 Å². The Hall–Kier alpha value is -4.45. The molecule has 1 unspecified atom stereocenters. The van der Waals surface area contributed by atoms with E-state index in [-0.39, 0.29) is 24.1 Å². The molecule has 5 heterocycles. The molecule has 3 amide bonds. The number of likely N-dealkylation sites (tertiary alicyclic amines) is 1. The summed E-state index contributed by atoms with van der Waals surface area (Å²) in [7, 11) is 3.56. The highest BCUT2D eigenvalue weighted by atomic mass is 32.1. The molecule has 230 valence electrons. The summed E-state index contributed by atoms with van der Waals surface area (Å²) < 4.78 is 21.6. The first-order valence-corrected chi connectivity index (χ1v) is 15.7. The predicted octanol–water partition coefficient (Wildman–Crippen LogP) is 5.65. The number of pyridine rings is 1. The van der Waals surface area contributed by atoms with E-state index in [9.17, 15) is 14.0 Å². The highest BCUT2D eigenvalue weighted by Gasteiger charge is 2.29. The van der Waals surface area contributed by atoms with Crippen LogP contribution in [0.5, 0.6) is 5.75 Å².